The lowest BCUT2D eigenvalue weighted by Gasteiger charge is -1.98. The fraction of sp³-hybridized carbons (Fsp3) is 0.750. The minimum Gasteiger partial charge on any atom is -0.303 e. The van der Waals surface area contributed by atoms with Crippen molar-refractivity contribution in [2.24, 2.45) is 0 Å². The number of carbonyl (C=O) groups is 1. The number of alkyl halides is 2. The Hall–Kier alpha value is -0.730. The van der Waals surface area contributed by atoms with Gasteiger partial charge in [-0.25, -0.2) is 8.78 Å². The van der Waals surface area contributed by atoms with E-state index in [4.69, 9.17) is 0 Å². The third kappa shape index (κ3) is 13.3. The second kappa shape index (κ2) is 11.3. The van der Waals surface area contributed by atoms with Gasteiger partial charge in [-0.05, 0) is 25.7 Å². The van der Waals surface area contributed by atoms with Crippen LogP contribution in [-0.2, 0) is 4.79 Å². The second-order valence-corrected chi connectivity index (χ2v) is 3.60. The van der Waals surface area contributed by atoms with E-state index < -0.39 is 6.43 Å². The fourth-order valence-corrected chi connectivity index (χ4v) is 1.31. The lowest BCUT2D eigenvalue weighted by Crippen LogP contribution is -1.89. The third-order valence-corrected chi connectivity index (χ3v) is 2.16. The Morgan fingerprint density at radius 2 is 1.53 bits per heavy atom. The summed E-state index contributed by atoms with van der Waals surface area (Å²) in [6, 6.07) is 0. The summed E-state index contributed by atoms with van der Waals surface area (Å²) in [4.78, 5) is 9.97. The van der Waals surface area contributed by atoms with Crippen LogP contribution in [0.2, 0.25) is 0 Å². The minimum absolute atomic E-state index is 0.0369. The van der Waals surface area contributed by atoms with Gasteiger partial charge in [0.1, 0.15) is 6.29 Å². The van der Waals surface area contributed by atoms with Gasteiger partial charge in [0, 0.05) is 12.8 Å². The van der Waals surface area contributed by atoms with E-state index in [2.05, 4.69) is 6.08 Å². The lowest BCUT2D eigenvalue weighted by atomic mass is 10.1. The number of aldehydes is 1. The van der Waals surface area contributed by atoms with Crippen molar-refractivity contribution in [3.63, 3.8) is 0 Å². The van der Waals surface area contributed by atoms with Crippen LogP contribution in [0.4, 0.5) is 8.78 Å². The van der Waals surface area contributed by atoms with Crippen molar-refractivity contribution in [3.8, 4) is 0 Å². The summed E-state index contributed by atoms with van der Waals surface area (Å²) < 4.78 is 23.5. The molecule has 0 rings (SSSR count). The molecular formula is C12H20F2O. The van der Waals surface area contributed by atoms with E-state index in [0.29, 0.717) is 12.8 Å². The second-order valence-electron chi connectivity index (χ2n) is 3.60. The molecule has 0 amide bonds. The predicted octanol–water partition coefficient (Wildman–Crippen LogP) is 4.13. The Morgan fingerprint density at radius 3 is 2.20 bits per heavy atom. The first-order valence-corrected chi connectivity index (χ1v) is 5.64. The molecule has 0 saturated heterocycles. The Morgan fingerprint density at radius 1 is 0.867 bits per heavy atom. The fourth-order valence-electron chi connectivity index (χ4n) is 1.31. The van der Waals surface area contributed by atoms with Crippen LogP contribution < -0.4 is 0 Å². The van der Waals surface area contributed by atoms with Crippen molar-refractivity contribution < 1.29 is 13.6 Å². The minimum atomic E-state index is -2.15. The molecule has 15 heavy (non-hydrogen) atoms. The van der Waals surface area contributed by atoms with Crippen LogP contribution in [0, 0.1) is 0 Å². The summed E-state index contributed by atoms with van der Waals surface area (Å²) in [6.07, 6.45) is 8.87. The molecule has 0 aromatic carbocycles. The Balaban J connectivity index is 3.04. The van der Waals surface area contributed by atoms with Gasteiger partial charge < -0.3 is 4.79 Å². The molecule has 0 spiro atoms. The zero-order valence-corrected chi connectivity index (χ0v) is 9.13. The summed E-state index contributed by atoms with van der Waals surface area (Å²) in [5.41, 5.74) is 0. The molecule has 0 aliphatic heterocycles. The molecule has 0 N–H and O–H groups in total. The Bertz CT molecular complexity index is 167. The summed E-state index contributed by atoms with van der Waals surface area (Å²) in [7, 11) is 0. The largest absolute Gasteiger partial charge is 0.303 e. The van der Waals surface area contributed by atoms with Crippen LogP contribution in [0.1, 0.15) is 51.4 Å². The van der Waals surface area contributed by atoms with Gasteiger partial charge in [0.15, 0.2) is 0 Å². The van der Waals surface area contributed by atoms with Crippen LogP contribution in [0.25, 0.3) is 0 Å². The molecule has 3 heteroatoms. The number of carbonyl (C=O) groups excluding carboxylic acids is 1. The highest BCUT2D eigenvalue weighted by Gasteiger charge is 2.00. The molecule has 0 saturated carbocycles. The summed E-state index contributed by atoms with van der Waals surface area (Å²) in [6.45, 7) is 0. The van der Waals surface area contributed by atoms with Gasteiger partial charge in [-0.15, -0.1) is 0 Å². The van der Waals surface area contributed by atoms with E-state index >= 15 is 0 Å². The molecule has 0 aliphatic rings. The van der Waals surface area contributed by atoms with Gasteiger partial charge in [0.2, 0.25) is 6.43 Å². The zero-order chi connectivity index (χ0) is 11.4. The number of rotatable bonds is 10. The normalized spacial score (nSPS) is 11.4. The van der Waals surface area contributed by atoms with Crippen molar-refractivity contribution in [2.45, 2.75) is 57.8 Å². The Kier molecular flexibility index (Phi) is 10.8. The van der Waals surface area contributed by atoms with E-state index in [1.54, 1.807) is 0 Å². The first-order valence-electron chi connectivity index (χ1n) is 5.64. The Labute approximate surface area is 90.6 Å². The smallest absolute Gasteiger partial charge is 0.238 e. The van der Waals surface area contributed by atoms with E-state index in [1.807, 2.05) is 6.08 Å². The number of hydrogen-bond acceptors (Lipinski definition) is 1. The maximum Gasteiger partial charge on any atom is 0.238 e. The van der Waals surface area contributed by atoms with Gasteiger partial charge >= 0.3 is 0 Å². The van der Waals surface area contributed by atoms with Gasteiger partial charge in [0.25, 0.3) is 0 Å². The third-order valence-electron chi connectivity index (χ3n) is 2.16. The average molecular weight is 218 g/mol. The maximum absolute atomic E-state index is 11.7. The molecule has 0 atom stereocenters. The number of unbranched alkanes of at least 4 members (excludes halogenated alkanes) is 5. The summed E-state index contributed by atoms with van der Waals surface area (Å²) in [5, 5.41) is 0. The molecule has 0 bridgehead atoms. The number of allylic oxidation sites excluding steroid dienone is 2. The number of hydrogen-bond donors (Lipinski definition) is 0. The molecule has 88 valence electrons. The highest BCUT2D eigenvalue weighted by molar-refractivity contribution is 5.49. The standard InChI is InChI=1S/C12H20F2O/c13-12(14)10-8-6-4-2-1-3-5-7-9-11-15/h3,5,11-12H,1-2,4,6-10H2/b5-3+. The van der Waals surface area contributed by atoms with Crippen molar-refractivity contribution in [1.29, 1.82) is 0 Å². The summed E-state index contributed by atoms with van der Waals surface area (Å²) in [5.74, 6) is 0. The molecule has 1 nitrogen and oxygen atoms in total. The van der Waals surface area contributed by atoms with Gasteiger partial charge in [0.05, 0.1) is 0 Å². The molecule has 0 unspecified atom stereocenters. The van der Waals surface area contributed by atoms with Crippen molar-refractivity contribution in [1.82, 2.24) is 0 Å². The number of halogens is 2. The van der Waals surface area contributed by atoms with Crippen LogP contribution in [0.15, 0.2) is 12.2 Å². The van der Waals surface area contributed by atoms with E-state index in [9.17, 15) is 13.6 Å². The quantitative estimate of drug-likeness (QED) is 0.306. The highest BCUT2D eigenvalue weighted by atomic mass is 19.3. The van der Waals surface area contributed by atoms with Crippen molar-refractivity contribution >= 4 is 6.29 Å². The van der Waals surface area contributed by atoms with E-state index in [0.717, 1.165) is 38.4 Å². The average Bonchev–Trinajstić information content (AvgIpc) is 2.20. The summed E-state index contributed by atoms with van der Waals surface area (Å²) >= 11 is 0. The molecule has 0 heterocycles. The predicted molar refractivity (Wildman–Crippen MR) is 58.1 cm³/mol. The molecule has 0 radical (unpaired) electrons. The SMILES string of the molecule is O=CCC/C=C/CCCCCCC(F)F. The maximum atomic E-state index is 11.7. The molecule has 0 aliphatic carbocycles. The monoisotopic (exact) mass is 218 g/mol. The van der Waals surface area contributed by atoms with Gasteiger partial charge in [-0.3, -0.25) is 0 Å². The first-order chi connectivity index (χ1) is 7.27. The van der Waals surface area contributed by atoms with Gasteiger partial charge in [-0.1, -0.05) is 25.0 Å². The molecular weight excluding hydrogens is 198 g/mol. The van der Waals surface area contributed by atoms with Crippen LogP contribution >= 0.6 is 0 Å². The van der Waals surface area contributed by atoms with Gasteiger partial charge in [-0.2, -0.15) is 0 Å². The molecule has 0 aromatic rings. The van der Waals surface area contributed by atoms with Crippen LogP contribution in [0.3, 0.4) is 0 Å². The lowest BCUT2D eigenvalue weighted by molar-refractivity contribution is -0.107. The van der Waals surface area contributed by atoms with Crippen molar-refractivity contribution in [3.05, 3.63) is 12.2 Å². The highest BCUT2D eigenvalue weighted by Crippen LogP contribution is 2.10. The van der Waals surface area contributed by atoms with Crippen LogP contribution in [0.5, 0.6) is 0 Å². The van der Waals surface area contributed by atoms with E-state index in [1.165, 1.54) is 0 Å². The van der Waals surface area contributed by atoms with Crippen LogP contribution in [-0.4, -0.2) is 12.7 Å². The molecule has 0 aromatic heterocycles. The first kappa shape index (κ1) is 14.3. The zero-order valence-electron chi connectivity index (χ0n) is 9.13. The topological polar surface area (TPSA) is 17.1 Å². The van der Waals surface area contributed by atoms with E-state index in [-0.39, 0.29) is 6.42 Å². The van der Waals surface area contributed by atoms with Crippen molar-refractivity contribution in [2.75, 3.05) is 0 Å². The molecule has 0 fully saturated rings.